The summed E-state index contributed by atoms with van der Waals surface area (Å²) in [5.41, 5.74) is 2.42. The van der Waals surface area contributed by atoms with E-state index in [1.807, 2.05) is 72.8 Å². The molecule has 0 saturated heterocycles. The summed E-state index contributed by atoms with van der Waals surface area (Å²) in [4.78, 5) is 18.5. The minimum atomic E-state index is 0. The first-order valence-corrected chi connectivity index (χ1v) is 11.8. The smallest absolute Gasteiger partial charge is 0.0464 e. The van der Waals surface area contributed by atoms with Gasteiger partial charge in [0.2, 0.25) is 0 Å². The van der Waals surface area contributed by atoms with Gasteiger partial charge in [-0.15, -0.1) is 0 Å². The van der Waals surface area contributed by atoms with E-state index in [1.54, 1.807) is 49.6 Å². The average molecular weight is 679 g/mol. The molecule has 38 heavy (non-hydrogen) atoms. The number of nitrogens with one attached hydrogen (secondary N) is 1. The molecule has 5 aromatic heterocycles. The van der Waals surface area contributed by atoms with Crippen molar-refractivity contribution in [3.05, 3.63) is 171 Å². The Morgan fingerprint density at radius 1 is 0.316 bits per heavy atom. The normalized spacial score (nSPS) is 8.84. The van der Waals surface area contributed by atoms with Crippen molar-refractivity contribution in [3.63, 3.8) is 0 Å². The number of para-hydroxylation sites is 2. The average Bonchev–Trinajstić information content (AvgIpc) is 3.41. The molecule has 0 aliphatic rings. The molecule has 1 N–H and O–H groups in total. The third-order valence-electron chi connectivity index (χ3n) is 4.68. The molecule has 0 aliphatic heterocycles. The third-order valence-corrected chi connectivity index (χ3v) is 4.68. The summed E-state index contributed by atoms with van der Waals surface area (Å²) < 4.78 is 0. The summed E-state index contributed by atoms with van der Waals surface area (Å²) in [7, 11) is 0. The van der Waals surface area contributed by atoms with Crippen LogP contribution < -0.4 is 0 Å². The second-order valence-electron chi connectivity index (χ2n) is 7.31. The van der Waals surface area contributed by atoms with Crippen molar-refractivity contribution >= 4 is 21.8 Å². The van der Waals surface area contributed by atoms with Crippen molar-refractivity contribution in [1.29, 1.82) is 0 Å². The van der Waals surface area contributed by atoms with Crippen molar-refractivity contribution in [2.24, 2.45) is 0 Å². The predicted molar refractivity (Wildman–Crippen MR) is 153 cm³/mol. The van der Waals surface area contributed by atoms with E-state index in [0.29, 0.717) is 0 Å². The number of benzene rings is 2. The van der Waals surface area contributed by atoms with Gasteiger partial charge in [0.15, 0.2) is 0 Å². The molecule has 0 amide bonds. The van der Waals surface area contributed by atoms with Gasteiger partial charge in [0, 0.05) is 92.4 Å². The fraction of sp³-hybridized carbons (Fsp3) is 0. The van der Waals surface area contributed by atoms with Crippen molar-refractivity contribution < 1.29 is 21.1 Å². The van der Waals surface area contributed by atoms with E-state index in [0.717, 1.165) is 0 Å². The SMILES string of the molecule is [Pt].c1ccc2c(c1)[nH]c1ccccc12.c1ccncc1.c1ccncc1.c1ccncc1.c1ccncc1. The number of nitrogens with zero attached hydrogens (tertiary/aromatic N) is 4. The van der Waals surface area contributed by atoms with Crippen LogP contribution in [0.2, 0.25) is 0 Å². The Labute approximate surface area is 238 Å². The third kappa shape index (κ3) is 12.0. The molecule has 0 atom stereocenters. The Kier molecular flexibility index (Phi) is 15.4. The van der Waals surface area contributed by atoms with Crippen LogP contribution in [0.25, 0.3) is 21.8 Å². The van der Waals surface area contributed by atoms with Crippen LogP contribution in [0.3, 0.4) is 0 Å². The Hall–Kier alpha value is -4.47. The summed E-state index contributed by atoms with van der Waals surface area (Å²) in [6.45, 7) is 0. The summed E-state index contributed by atoms with van der Waals surface area (Å²) in [5.74, 6) is 0. The number of aromatic amines is 1. The van der Waals surface area contributed by atoms with Crippen LogP contribution >= 0.6 is 0 Å². The summed E-state index contributed by atoms with van der Waals surface area (Å²) >= 11 is 0. The van der Waals surface area contributed by atoms with Gasteiger partial charge in [-0.2, -0.15) is 0 Å². The molecule has 7 rings (SSSR count). The molecular formula is C32H29N5Pt. The van der Waals surface area contributed by atoms with E-state index in [9.17, 15) is 0 Å². The number of hydrogen-bond donors (Lipinski definition) is 1. The molecule has 0 saturated carbocycles. The topological polar surface area (TPSA) is 67.3 Å². The predicted octanol–water partition coefficient (Wildman–Crippen LogP) is 7.65. The van der Waals surface area contributed by atoms with Crippen LogP contribution in [0.4, 0.5) is 0 Å². The Bertz CT molecular complexity index is 1180. The molecule has 6 heteroatoms. The van der Waals surface area contributed by atoms with E-state index in [2.05, 4.69) is 73.5 Å². The number of fused-ring (bicyclic) bond motifs is 3. The molecule has 192 valence electrons. The second kappa shape index (κ2) is 19.7. The molecule has 0 unspecified atom stereocenters. The van der Waals surface area contributed by atoms with Crippen LogP contribution in [-0.2, 0) is 21.1 Å². The van der Waals surface area contributed by atoms with Crippen LogP contribution in [0.15, 0.2) is 171 Å². The van der Waals surface area contributed by atoms with Gasteiger partial charge in [-0.3, -0.25) is 19.9 Å². The van der Waals surface area contributed by atoms with Gasteiger partial charge in [-0.1, -0.05) is 60.7 Å². The van der Waals surface area contributed by atoms with Crippen molar-refractivity contribution in [2.75, 3.05) is 0 Å². The van der Waals surface area contributed by atoms with Gasteiger partial charge < -0.3 is 4.98 Å². The molecule has 5 heterocycles. The first-order chi connectivity index (χ1) is 18.4. The molecule has 0 aliphatic carbocycles. The van der Waals surface area contributed by atoms with Gasteiger partial charge in [-0.05, 0) is 60.7 Å². The van der Waals surface area contributed by atoms with Crippen LogP contribution in [0, 0.1) is 0 Å². The van der Waals surface area contributed by atoms with Crippen LogP contribution in [0.5, 0.6) is 0 Å². The number of hydrogen-bond acceptors (Lipinski definition) is 4. The number of rotatable bonds is 0. The second-order valence-corrected chi connectivity index (χ2v) is 7.31. The van der Waals surface area contributed by atoms with Gasteiger partial charge in [0.1, 0.15) is 0 Å². The zero-order valence-electron chi connectivity index (χ0n) is 20.8. The molecule has 0 fully saturated rings. The minimum absolute atomic E-state index is 0. The Balaban J connectivity index is 0.000000175. The van der Waals surface area contributed by atoms with E-state index in [-0.39, 0.29) is 21.1 Å². The minimum Gasteiger partial charge on any atom is -0.355 e. The van der Waals surface area contributed by atoms with Gasteiger partial charge in [0.05, 0.1) is 0 Å². The first-order valence-electron chi connectivity index (χ1n) is 11.8. The number of aromatic nitrogens is 5. The van der Waals surface area contributed by atoms with E-state index < -0.39 is 0 Å². The van der Waals surface area contributed by atoms with E-state index in [4.69, 9.17) is 0 Å². The molecule has 2 aromatic carbocycles. The zero-order chi connectivity index (χ0) is 25.6. The first kappa shape index (κ1) is 29.8. The fourth-order valence-electron chi connectivity index (χ4n) is 3.05. The monoisotopic (exact) mass is 678 g/mol. The van der Waals surface area contributed by atoms with Gasteiger partial charge in [-0.25, -0.2) is 0 Å². The van der Waals surface area contributed by atoms with Crippen molar-refractivity contribution in [3.8, 4) is 0 Å². The molecule has 0 bridgehead atoms. The Morgan fingerprint density at radius 2 is 0.579 bits per heavy atom. The maximum atomic E-state index is 3.78. The Morgan fingerprint density at radius 3 is 0.789 bits per heavy atom. The van der Waals surface area contributed by atoms with Crippen molar-refractivity contribution in [1.82, 2.24) is 24.9 Å². The largest absolute Gasteiger partial charge is 0.355 e. The van der Waals surface area contributed by atoms with E-state index in [1.165, 1.54) is 21.8 Å². The molecule has 5 nitrogen and oxygen atoms in total. The summed E-state index contributed by atoms with van der Waals surface area (Å²) in [6, 6.07) is 39.6. The number of H-pyrrole nitrogens is 1. The zero-order valence-corrected chi connectivity index (χ0v) is 23.0. The molecule has 7 aromatic rings. The summed E-state index contributed by atoms with van der Waals surface area (Å²) in [5, 5.41) is 2.61. The van der Waals surface area contributed by atoms with Crippen LogP contribution in [0.1, 0.15) is 0 Å². The van der Waals surface area contributed by atoms with Gasteiger partial charge in [0.25, 0.3) is 0 Å². The van der Waals surface area contributed by atoms with Crippen LogP contribution in [-0.4, -0.2) is 24.9 Å². The molecular weight excluding hydrogens is 649 g/mol. The number of pyridine rings is 4. The molecule has 0 radical (unpaired) electrons. The quantitative estimate of drug-likeness (QED) is 0.179. The maximum absolute atomic E-state index is 3.78. The van der Waals surface area contributed by atoms with Gasteiger partial charge >= 0.3 is 0 Å². The maximum Gasteiger partial charge on any atom is 0.0464 e. The van der Waals surface area contributed by atoms with Crippen molar-refractivity contribution in [2.45, 2.75) is 0 Å². The summed E-state index contributed by atoms with van der Waals surface area (Å²) in [6.07, 6.45) is 14.0. The fourth-order valence-corrected chi connectivity index (χ4v) is 3.05. The standard InChI is InChI=1S/C12H9N.4C5H5N.Pt/c1-3-7-11-9(5-1)10-6-2-4-8-12(10)13-11;4*1-2-4-6-5-3-1;/h1-8,13H;4*1-5H;. The van der Waals surface area contributed by atoms with E-state index >= 15 is 0 Å². The molecule has 0 spiro atoms.